The van der Waals surface area contributed by atoms with Gasteiger partial charge >= 0.3 is 5.69 Å². The van der Waals surface area contributed by atoms with E-state index in [1.807, 2.05) is 0 Å². The zero-order chi connectivity index (χ0) is 13.0. The molecule has 0 spiro atoms. The Kier molecular flexibility index (Phi) is 4.03. The molecule has 6 nitrogen and oxygen atoms in total. The number of nitrogens with zero attached hydrogens (tertiary/aromatic N) is 1. The first-order chi connectivity index (χ1) is 7.95. The van der Waals surface area contributed by atoms with Crippen molar-refractivity contribution in [2.75, 3.05) is 7.11 Å². The maximum Gasteiger partial charge on any atom is 0.314 e. The number of hydrogen-bond donors (Lipinski definition) is 0. The maximum atomic E-state index is 11.0. The van der Waals surface area contributed by atoms with Gasteiger partial charge in [0.05, 0.1) is 18.1 Å². The molecule has 0 heterocycles. The van der Waals surface area contributed by atoms with Crippen LogP contribution in [0.25, 0.3) is 0 Å². The SMILES string of the molecule is COc1ccc(OC(C)C(C)=O)cc1[N+](=O)[O-]. The Morgan fingerprint density at radius 3 is 2.59 bits per heavy atom. The van der Waals surface area contributed by atoms with Gasteiger partial charge in [0.15, 0.2) is 17.6 Å². The smallest absolute Gasteiger partial charge is 0.314 e. The molecule has 0 amide bonds. The summed E-state index contributed by atoms with van der Waals surface area (Å²) in [6.07, 6.45) is -0.636. The van der Waals surface area contributed by atoms with E-state index in [0.29, 0.717) is 0 Å². The van der Waals surface area contributed by atoms with Crippen molar-refractivity contribution in [3.05, 3.63) is 28.3 Å². The topological polar surface area (TPSA) is 78.7 Å². The van der Waals surface area contributed by atoms with Gasteiger partial charge in [-0.25, -0.2) is 0 Å². The summed E-state index contributed by atoms with van der Waals surface area (Å²) in [5, 5.41) is 10.8. The van der Waals surface area contributed by atoms with Crippen LogP contribution in [0.4, 0.5) is 5.69 Å². The van der Waals surface area contributed by atoms with E-state index < -0.39 is 11.0 Å². The number of ketones is 1. The van der Waals surface area contributed by atoms with E-state index in [4.69, 9.17) is 9.47 Å². The van der Waals surface area contributed by atoms with E-state index >= 15 is 0 Å². The van der Waals surface area contributed by atoms with Crippen LogP contribution in [-0.4, -0.2) is 23.9 Å². The summed E-state index contributed by atoms with van der Waals surface area (Å²) in [6, 6.07) is 4.18. The molecule has 1 aromatic carbocycles. The van der Waals surface area contributed by atoms with Gasteiger partial charge in [0.1, 0.15) is 5.75 Å². The number of ether oxygens (including phenoxy) is 2. The van der Waals surface area contributed by atoms with E-state index in [9.17, 15) is 14.9 Å². The largest absolute Gasteiger partial charge is 0.490 e. The molecular formula is C11H13NO5. The van der Waals surface area contributed by atoms with Gasteiger partial charge in [-0.3, -0.25) is 14.9 Å². The summed E-state index contributed by atoms with van der Waals surface area (Å²) in [4.78, 5) is 21.2. The van der Waals surface area contributed by atoms with Gasteiger partial charge in [-0.1, -0.05) is 0 Å². The first-order valence-electron chi connectivity index (χ1n) is 4.95. The highest BCUT2D eigenvalue weighted by atomic mass is 16.6. The summed E-state index contributed by atoms with van der Waals surface area (Å²) >= 11 is 0. The Bertz CT molecular complexity index is 443. The molecule has 1 aromatic rings. The molecule has 0 aliphatic heterocycles. The minimum absolute atomic E-state index is 0.150. The molecule has 0 aliphatic carbocycles. The monoisotopic (exact) mass is 239 g/mol. The Labute approximate surface area is 98.3 Å². The molecule has 0 bridgehead atoms. The predicted octanol–water partition coefficient (Wildman–Crippen LogP) is 1.96. The summed E-state index contributed by atoms with van der Waals surface area (Å²) < 4.78 is 10.1. The van der Waals surface area contributed by atoms with Crippen molar-refractivity contribution < 1.29 is 19.2 Å². The molecule has 0 radical (unpaired) electrons. The third-order valence-corrected chi connectivity index (χ3v) is 2.23. The molecule has 0 saturated carbocycles. The zero-order valence-electron chi connectivity index (χ0n) is 9.80. The molecule has 1 rings (SSSR count). The number of carbonyl (C=O) groups excluding carboxylic acids is 1. The average Bonchev–Trinajstić information content (AvgIpc) is 2.28. The molecule has 1 atom stereocenters. The Hall–Kier alpha value is -2.11. The molecule has 0 fully saturated rings. The zero-order valence-corrected chi connectivity index (χ0v) is 9.80. The highest BCUT2D eigenvalue weighted by molar-refractivity contribution is 5.80. The summed E-state index contributed by atoms with van der Waals surface area (Å²) in [5.41, 5.74) is -0.194. The number of nitro benzene ring substituents is 1. The van der Waals surface area contributed by atoms with Crippen molar-refractivity contribution in [2.24, 2.45) is 0 Å². The summed E-state index contributed by atoms with van der Waals surface area (Å²) in [5.74, 6) is 0.265. The van der Waals surface area contributed by atoms with Gasteiger partial charge in [-0.05, 0) is 26.0 Å². The van der Waals surface area contributed by atoms with Crippen LogP contribution in [0.3, 0.4) is 0 Å². The Balaban J connectivity index is 3.00. The van der Waals surface area contributed by atoms with Crippen molar-refractivity contribution >= 4 is 11.5 Å². The van der Waals surface area contributed by atoms with Crippen LogP contribution in [0.2, 0.25) is 0 Å². The fourth-order valence-electron chi connectivity index (χ4n) is 1.17. The second kappa shape index (κ2) is 5.29. The van der Waals surface area contributed by atoms with Crippen molar-refractivity contribution in [2.45, 2.75) is 20.0 Å². The van der Waals surface area contributed by atoms with Crippen molar-refractivity contribution in [3.63, 3.8) is 0 Å². The molecule has 0 aliphatic rings. The first kappa shape index (κ1) is 13.0. The van der Waals surface area contributed by atoms with Gasteiger partial charge in [0, 0.05) is 0 Å². The number of nitro groups is 1. The number of methoxy groups -OCH3 is 1. The van der Waals surface area contributed by atoms with Gasteiger partial charge < -0.3 is 9.47 Å². The van der Waals surface area contributed by atoms with Crippen LogP contribution in [0.15, 0.2) is 18.2 Å². The fourth-order valence-corrected chi connectivity index (χ4v) is 1.17. The van der Waals surface area contributed by atoms with E-state index in [2.05, 4.69) is 0 Å². The van der Waals surface area contributed by atoms with Crippen molar-refractivity contribution in [1.82, 2.24) is 0 Å². The normalized spacial score (nSPS) is 11.7. The Morgan fingerprint density at radius 2 is 2.12 bits per heavy atom. The van der Waals surface area contributed by atoms with E-state index in [-0.39, 0.29) is 23.0 Å². The lowest BCUT2D eigenvalue weighted by Crippen LogP contribution is -2.20. The molecule has 0 aromatic heterocycles. The lowest BCUT2D eigenvalue weighted by atomic mass is 10.2. The van der Waals surface area contributed by atoms with Crippen molar-refractivity contribution in [1.29, 1.82) is 0 Å². The van der Waals surface area contributed by atoms with Crippen LogP contribution in [-0.2, 0) is 4.79 Å². The van der Waals surface area contributed by atoms with E-state index in [1.165, 1.54) is 32.2 Å². The quantitative estimate of drug-likeness (QED) is 0.579. The van der Waals surface area contributed by atoms with Gasteiger partial charge in [0.25, 0.3) is 0 Å². The van der Waals surface area contributed by atoms with Crippen LogP contribution in [0.5, 0.6) is 11.5 Å². The lowest BCUT2D eigenvalue weighted by Gasteiger charge is -2.11. The van der Waals surface area contributed by atoms with Crippen LogP contribution in [0, 0.1) is 10.1 Å². The molecular weight excluding hydrogens is 226 g/mol. The highest BCUT2D eigenvalue weighted by Gasteiger charge is 2.17. The molecule has 1 unspecified atom stereocenters. The van der Waals surface area contributed by atoms with Crippen molar-refractivity contribution in [3.8, 4) is 11.5 Å². The number of benzene rings is 1. The number of Topliss-reactive ketones (excluding diaryl/α,β-unsaturated/α-hetero) is 1. The lowest BCUT2D eigenvalue weighted by molar-refractivity contribution is -0.385. The standard InChI is InChI=1S/C11H13NO5/c1-7(13)8(2)17-9-4-5-11(16-3)10(6-9)12(14)15/h4-6,8H,1-3H3. The molecule has 6 heteroatoms. The second-order valence-electron chi connectivity index (χ2n) is 3.46. The summed E-state index contributed by atoms with van der Waals surface area (Å²) in [7, 11) is 1.35. The predicted molar refractivity (Wildman–Crippen MR) is 60.4 cm³/mol. The molecule has 0 saturated heterocycles. The molecule has 17 heavy (non-hydrogen) atoms. The first-order valence-corrected chi connectivity index (χ1v) is 4.95. The van der Waals surface area contributed by atoms with Gasteiger partial charge in [-0.15, -0.1) is 0 Å². The summed E-state index contributed by atoms with van der Waals surface area (Å²) in [6.45, 7) is 2.97. The highest BCUT2D eigenvalue weighted by Crippen LogP contribution is 2.31. The minimum atomic E-state index is -0.636. The molecule has 0 N–H and O–H groups in total. The van der Waals surface area contributed by atoms with Crippen LogP contribution < -0.4 is 9.47 Å². The fraction of sp³-hybridized carbons (Fsp3) is 0.364. The minimum Gasteiger partial charge on any atom is -0.490 e. The van der Waals surface area contributed by atoms with Crippen LogP contribution in [0.1, 0.15) is 13.8 Å². The Morgan fingerprint density at radius 1 is 1.47 bits per heavy atom. The number of carbonyl (C=O) groups is 1. The van der Waals surface area contributed by atoms with Gasteiger partial charge in [0.2, 0.25) is 0 Å². The average molecular weight is 239 g/mol. The molecule has 92 valence electrons. The number of rotatable bonds is 5. The van der Waals surface area contributed by atoms with Crippen LogP contribution >= 0.6 is 0 Å². The van der Waals surface area contributed by atoms with E-state index in [1.54, 1.807) is 6.92 Å². The number of hydrogen-bond acceptors (Lipinski definition) is 5. The van der Waals surface area contributed by atoms with E-state index in [0.717, 1.165) is 0 Å². The van der Waals surface area contributed by atoms with Gasteiger partial charge in [-0.2, -0.15) is 0 Å². The third-order valence-electron chi connectivity index (χ3n) is 2.23. The maximum absolute atomic E-state index is 11.0. The second-order valence-corrected chi connectivity index (χ2v) is 3.46. The third kappa shape index (κ3) is 3.17.